The number of hydrogen-bond acceptors (Lipinski definition) is 3. The van der Waals surface area contributed by atoms with Crippen molar-refractivity contribution in [2.45, 2.75) is 44.7 Å². The van der Waals surface area contributed by atoms with Crippen molar-refractivity contribution in [2.24, 2.45) is 5.92 Å². The van der Waals surface area contributed by atoms with Crippen molar-refractivity contribution in [1.29, 1.82) is 0 Å². The van der Waals surface area contributed by atoms with Crippen LogP contribution in [0.2, 0.25) is 0 Å². The van der Waals surface area contributed by atoms with Crippen LogP contribution in [0.1, 0.15) is 44.2 Å². The molecule has 1 saturated heterocycles. The van der Waals surface area contributed by atoms with Gasteiger partial charge in [0.05, 0.1) is 12.5 Å². The molecule has 0 radical (unpaired) electrons. The monoisotopic (exact) mass is 248 g/mol. The van der Waals surface area contributed by atoms with Crippen LogP contribution in [0.5, 0.6) is 0 Å². The molecule has 3 heteroatoms. The maximum atomic E-state index is 5.18. The highest BCUT2D eigenvalue weighted by atomic mass is 16.3. The van der Waals surface area contributed by atoms with Gasteiger partial charge in [-0.05, 0) is 51.1 Å². The van der Waals surface area contributed by atoms with Gasteiger partial charge in [-0.3, -0.25) is 4.90 Å². The van der Waals surface area contributed by atoms with Crippen LogP contribution in [0, 0.1) is 5.92 Å². The van der Waals surface area contributed by atoms with Gasteiger partial charge in [-0.15, -0.1) is 0 Å². The largest absolute Gasteiger partial charge is 0.472 e. The van der Waals surface area contributed by atoms with E-state index in [2.05, 4.69) is 23.2 Å². The first kappa shape index (κ1) is 12.2. The van der Waals surface area contributed by atoms with Crippen molar-refractivity contribution < 1.29 is 4.42 Å². The Bertz CT molecular complexity index is 351. The summed E-state index contributed by atoms with van der Waals surface area (Å²) in [5.74, 6) is 0.993. The van der Waals surface area contributed by atoms with Gasteiger partial charge in [0.2, 0.25) is 0 Å². The van der Waals surface area contributed by atoms with E-state index in [0.29, 0.717) is 6.04 Å². The average molecular weight is 248 g/mol. The molecule has 2 aliphatic rings. The van der Waals surface area contributed by atoms with E-state index in [0.717, 1.165) is 12.0 Å². The first-order chi connectivity index (χ1) is 8.83. The van der Waals surface area contributed by atoms with Gasteiger partial charge >= 0.3 is 0 Å². The molecule has 1 aromatic heterocycles. The first-order valence-corrected chi connectivity index (χ1v) is 7.32. The molecule has 0 aromatic carbocycles. The van der Waals surface area contributed by atoms with Crippen molar-refractivity contribution in [3.63, 3.8) is 0 Å². The van der Waals surface area contributed by atoms with Crippen LogP contribution in [-0.4, -0.2) is 30.6 Å². The van der Waals surface area contributed by atoms with Crippen molar-refractivity contribution in [1.82, 2.24) is 10.2 Å². The Morgan fingerprint density at radius 2 is 2.11 bits per heavy atom. The van der Waals surface area contributed by atoms with Gasteiger partial charge in [0, 0.05) is 30.7 Å². The summed E-state index contributed by atoms with van der Waals surface area (Å²) in [5, 5.41) is 3.73. The summed E-state index contributed by atoms with van der Waals surface area (Å²) < 4.78 is 5.18. The van der Waals surface area contributed by atoms with E-state index in [1.54, 1.807) is 6.26 Å². The summed E-state index contributed by atoms with van der Waals surface area (Å²) in [4.78, 5) is 2.57. The van der Waals surface area contributed by atoms with E-state index in [9.17, 15) is 0 Å². The molecule has 1 atom stereocenters. The minimum atomic E-state index is 0.494. The Balaban J connectivity index is 1.44. The van der Waals surface area contributed by atoms with Crippen LogP contribution in [0.25, 0.3) is 0 Å². The van der Waals surface area contributed by atoms with Crippen LogP contribution in [0.4, 0.5) is 0 Å². The van der Waals surface area contributed by atoms with Gasteiger partial charge in [-0.1, -0.05) is 0 Å². The van der Waals surface area contributed by atoms with Crippen LogP contribution < -0.4 is 5.32 Å². The molecule has 1 unspecified atom stereocenters. The van der Waals surface area contributed by atoms with Crippen LogP contribution in [-0.2, 0) is 0 Å². The minimum Gasteiger partial charge on any atom is -0.472 e. The number of likely N-dealkylation sites (tertiary alicyclic amines) is 1. The molecule has 100 valence electrons. The number of rotatable bonds is 5. The zero-order valence-electron chi connectivity index (χ0n) is 11.3. The Hall–Kier alpha value is -0.800. The molecular formula is C15H24N2O. The number of piperidine rings is 1. The van der Waals surface area contributed by atoms with E-state index in [1.807, 2.05) is 6.26 Å². The summed E-state index contributed by atoms with van der Waals surface area (Å²) in [7, 11) is 0. The fourth-order valence-electron chi connectivity index (χ4n) is 2.87. The molecule has 3 rings (SSSR count). The smallest absolute Gasteiger partial charge is 0.0950 e. The van der Waals surface area contributed by atoms with Crippen molar-refractivity contribution in [3.8, 4) is 0 Å². The van der Waals surface area contributed by atoms with Crippen LogP contribution in [0.15, 0.2) is 23.0 Å². The maximum Gasteiger partial charge on any atom is 0.0950 e. The molecule has 18 heavy (non-hydrogen) atoms. The van der Waals surface area contributed by atoms with Gasteiger partial charge in [-0.25, -0.2) is 0 Å². The topological polar surface area (TPSA) is 28.4 Å². The predicted octanol–water partition coefficient (Wildman–Crippen LogP) is 2.80. The molecule has 1 aliphatic heterocycles. The van der Waals surface area contributed by atoms with Crippen molar-refractivity contribution in [2.75, 3.05) is 19.6 Å². The van der Waals surface area contributed by atoms with E-state index in [-0.39, 0.29) is 0 Å². The Morgan fingerprint density at radius 3 is 2.72 bits per heavy atom. The lowest BCUT2D eigenvalue weighted by Crippen LogP contribution is -2.43. The lowest BCUT2D eigenvalue weighted by molar-refractivity contribution is 0.152. The summed E-state index contributed by atoms with van der Waals surface area (Å²) in [6.45, 7) is 5.94. The predicted molar refractivity (Wildman–Crippen MR) is 72.4 cm³/mol. The zero-order chi connectivity index (χ0) is 12.4. The molecule has 1 aliphatic carbocycles. The minimum absolute atomic E-state index is 0.494. The molecule has 1 saturated carbocycles. The van der Waals surface area contributed by atoms with Crippen molar-refractivity contribution >= 4 is 0 Å². The standard InChI is InChI=1S/C15H24N2O/c1-12(14-6-9-18-11-14)17-7-4-15(5-8-17)16-10-13-2-3-13/h6,9,11-13,15-16H,2-5,7-8,10H2,1H3. The molecular weight excluding hydrogens is 224 g/mol. The van der Waals surface area contributed by atoms with Gasteiger partial charge < -0.3 is 9.73 Å². The Kier molecular flexibility index (Phi) is 3.71. The summed E-state index contributed by atoms with van der Waals surface area (Å²) in [6, 6.07) is 3.33. The second kappa shape index (κ2) is 5.45. The average Bonchev–Trinajstić information content (AvgIpc) is 3.08. The molecule has 2 fully saturated rings. The Morgan fingerprint density at radius 1 is 1.33 bits per heavy atom. The molecule has 0 amide bonds. The van der Waals surface area contributed by atoms with Gasteiger partial charge in [0.1, 0.15) is 0 Å². The number of furan rings is 1. The number of nitrogens with zero attached hydrogens (tertiary/aromatic N) is 1. The third-order valence-electron chi connectivity index (χ3n) is 4.49. The highest BCUT2D eigenvalue weighted by molar-refractivity contribution is 5.11. The molecule has 0 spiro atoms. The zero-order valence-corrected chi connectivity index (χ0v) is 11.3. The first-order valence-electron chi connectivity index (χ1n) is 7.32. The lowest BCUT2D eigenvalue weighted by Gasteiger charge is -2.36. The normalized spacial score (nSPS) is 24.3. The molecule has 2 heterocycles. The van der Waals surface area contributed by atoms with Gasteiger partial charge in [0.25, 0.3) is 0 Å². The van der Waals surface area contributed by atoms with E-state index in [4.69, 9.17) is 4.42 Å². The summed E-state index contributed by atoms with van der Waals surface area (Å²) in [6.07, 6.45) is 9.12. The van der Waals surface area contributed by atoms with Crippen LogP contribution >= 0.6 is 0 Å². The SMILES string of the molecule is CC(c1ccoc1)N1CCC(NCC2CC2)CC1. The molecule has 1 aromatic rings. The molecule has 3 nitrogen and oxygen atoms in total. The fraction of sp³-hybridized carbons (Fsp3) is 0.733. The second-order valence-corrected chi connectivity index (χ2v) is 5.89. The third kappa shape index (κ3) is 2.96. The number of hydrogen-bond donors (Lipinski definition) is 1. The van der Waals surface area contributed by atoms with Crippen molar-refractivity contribution in [3.05, 3.63) is 24.2 Å². The van der Waals surface area contributed by atoms with Gasteiger partial charge in [-0.2, -0.15) is 0 Å². The number of nitrogens with one attached hydrogen (secondary N) is 1. The summed E-state index contributed by atoms with van der Waals surface area (Å²) in [5.41, 5.74) is 1.30. The van der Waals surface area contributed by atoms with E-state index >= 15 is 0 Å². The fourth-order valence-corrected chi connectivity index (χ4v) is 2.87. The Labute approximate surface area is 110 Å². The van der Waals surface area contributed by atoms with Gasteiger partial charge in [0.15, 0.2) is 0 Å². The lowest BCUT2D eigenvalue weighted by atomic mass is 10.0. The highest BCUT2D eigenvalue weighted by Gasteiger charge is 2.26. The second-order valence-electron chi connectivity index (χ2n) is 5.89. The summed E-state index contributed by atoms with van der Waals surface area (Å²) >= 11 is 0. The van der Waals surface area contributed by atoms with Crippen LogP contribution in [0.3, 0.4) is 0 Å². The van der Waals surface area contributed by atoms with E-state index < -0.39 is 0 Å². The molecule has 0 bridgehead atoms. The maximum absolute atomic E-state index is 5.18. The quantitative estimate of drug-likeness (QED) is 0.868. The third-order valence-corrected chi connectivity index (χ3v) is 4.49. The molecule has 1 N–H and O–H groups in total. The highest BCUT2D eigenvalue weighted by Crippen LogP contribution is 2.29. The van der Waals surface area contributed by atoms with E-state index in [1.165, 1.54) is 50.9 Å².